The zero-order chi connectivity index (χ0) is 10.5. The first-order valence-electron chi connectivity index (χ1n) is 5.50. The van der Waals surface area contributed by atoms with Crippen molar-refractivity contribution in [1.82, 2.24) is 10.3 Å². The second kappa shape index (κ2) is 5.09. The molecule has 1 aromatic heterocycles. The van der Waals surface area contributed by atoms with Gasteiger partial charge in [0.1, 0.15) is 5.82 Å². The van der Waals surface area contributed by atoms with Crippen LogP contribution in [0.25, 0.3) is 0 Å². The molecule has 2 rings (SSSR count). The molecule has 1 unspecified atom stereocenters. The minimum Gasteiger partial charge on any atom is -0.351 e. The molecular weight excluding hydrogens is 188 g/mol. The molecule has 0 aliphatic carbocycles. The Morgan fingerprint density at radius 1 is 1.53 bits per heavy atom. The number of nitrogens with two attached hydrogens (primary N) is 1. The molecule has 4 heteroatoms. The average molecular weight is 206 g/mol. The molecule has 0 amide bonds. The van der Waals surface area contributed by atoms with Gasteiger partial charge in [-0.15, -0.1) is 0 Å². The smallest absolute Gasteiger partial charge is 0.128 e. The van der Waals surface area contributed by atoms with Crippen LogP contribution in [0.1, 0.15) is 6.42 Å². The lowest BCUT2D eigenvalue weighted by atomic mass is 10.1. The maximum absolute atomic E-state index is 5.62. The molecular formula is C11H18N4. The average Bonchev–Trinajstić information content (AvgIpc) is 2.31. The Balaban J connectivity index is 2.11. The highest BCUT2D eigenvalue weighted by atomic mass is 15.3. The molecule has 0 radical (unpaired) electrons. The molecule has 82 valence electrons. The number of anilines is 1. The fourth-order valence-corrected chi connectivity index (χ4v) is 2.04. The van der Waals surface area contributed by atoms with Crippen molar-refractivity contribution in [2.75, 3.05) is 31.1 Å². The SMILES string of the molecule is NCCC1CNCCN1c1ccccn1. The number of piperazine rings is 1. The van der Waals surface area contributed by atoms with E-state index in [-0.39, 0.29) is 0 Å². The summed E-state index contributed by atoms with van der Waals surface area (Å²) in [4.78, 5) is 6.74. The molecule has 1 aromatic rings. The van der Waals surface area contributed by atoms with Crippen LogP contribution in [0.2, 0.25) is 0 Å². The third kappa shape index (κ3) is 2.46. The van der Waals surface area contributed by atoms with Crippen LogP contribution in [0.15, 0.2) is 24.4 Å². The van der Waals surface area contributed by atoms with Crippen molar-refractivity contribution in [3.05, 3.63) is 24.4 Å². The van der Waals surface area contributed by atoms with Crippen LogP contribution in [-0.2, 0) is 0 Å². The van der Waals surface area contributed by atoms with Gasteiger partial charge >= 0.3 is 0 Å². The van der Waals surface area contributed by atoms with Crippen LogP contribution < -0.4 is 16.0 Å². The normalized spacial score (nSPS) is 21.7. The van der Waals surface area contributed by atoms with Gasteiger partial charge in [0.2, 0.25) is 0 Å². The summed E-state index contributed by atoms with van der Waals surface area (Å²) in [5.74, 6) is 1.07. The molecule has 4 nitrogen and oxygen atoms in total. The number of nitrogens with one attached hydrogen (secondary N) is 1. The maximum atomic E-state index is 5.62. The number of aromatic nitrogens is 1. The van der Waals surface area contributed by atoms with Crippen molar-refractivity contribution in [3.8, 4) is 0 Å². The van der Waals surface area contributed by atoms with Crippen molar-refractivity contribution in [1.29, 1.82) is 0 Å². The van der Waals surface area contributed by atoms with Crippen molar-refractivity contribution in [2.45, 2.75) is 12.5 Å². The third-order valence-corrected chi connectivity index (χ3v) is 2.79. The largest absolute Gasteiger partial charge is 0.351 e. The van der Waals surface area contributed by atoms with Crippen molar-refractivity contribution in [2.24, 2.45) is 5.73 Å². The Kier molecular flexibility index (Phi) is 3.53. The number of nitrogens with zero attached hydrogens (tertiary/aromatic N) is 2. The van der Waals surface area contributed by atoms with Gasteiger partial charge in [0.25, 0.3) is 0 Å². The van der Waals surface area contributed by atoms with Crippen LogP contribution >= 0.6 is 0 Å². The summed E-state index contributed by atoms with van der Waals surface area (Å²) in [5, 5.41) is 3.39. The lowest BCUT2D eigenvalue weighted by molar-refractivity contribution is 0.455. The number of pyridine rings is 1. The molecule has 2 heterocycles. The first-order valence-corrected chi connectivity index (χ1v) is 5.50. The van der Waals surface area contributed by atoms with Crippen molar-refractivity contribution < 1.29 is 0 Å². The first kappa shape index (κ1) is 10.4. The van der Waals surface area contributed by atoms with E-state index in [1.54, 1.807) is 0 Å². The summed E-state index contributed by atoms with van der Waals surface area (Å²) in [6.07, 6.45) is 2.86. The summed E-state index contributed by atoms with van der Waals surface area (Å²) >= 11 is 0. The molecule has 1 aliphatic heterocycles. The quantitative estimate of drug-likeness (QED) is 0.742. The van der Waals surface area contributed by atoms with Gasteiger partial charge in [0, 0.05) is 31.9 Å². The monoisotopic (exact) mass is 206 g/mol. The molecule has 0 saturated carbocycles. The molecule has 0 aromatic carbocycles. The maximum Gasteiger partial charge on any atom is 0.128 e. The summed E-state index contributed by atoms with van der Waals surface area (Å²) in [5.41, 5.74) is 5.62. The Bertz CT molecular complexity index is 286. The molecule has 3 N–H and O–H groups in total. The summed E-state index contributed by atoms with van der Waals surface area (Å²) < 4.78 is 0. The van der Waals surface area contributed by atoms with Crippen molar-refractivity contribution in [3.63, 3.8) is 0 Å². The van der Waals surface area contributed by atoms with Gasteiger partial charge < -0.3 is 16.0 Å². The first-order chi connectivity index (χ1) is 7.42. The zero-order valence-corrected chi connectivity index (χ0v) is 8.89. The number of hydrogen-bond acceptors (Lipinski definition) is 4. The van der Waals surface area contributed by atoms with Gasteiger partial charge in [-0.25, -0.2) is 4.98 Å². The van der Waals surface area contributed by atoms with Crippen LogP contribution in [0.4, 0.5) is 5.82 Å². The van der Waals surface area contributed by atoms with Gasteiger partial charge in [-0.3, -0.25) is 0 Å². The van der Waals surface area contributed by atoms with E-state index in [0.29, 0.717) is 6.04 Å². The Morgan fingerprint density at radius 2 is 2.47 bits per heavy atom. The van der Waals surface area contributed by atoms with E-state index in [1.807, 2.05) is 18.3 Å². The second-order valence-electron chi connectivity index (χ2n) is 3.82. The summed E-state index contributed by atoms with van der Waals surface area (Å²) in [6.45, 7) is 3.78. The van der Waals surface area contributed by atoms with E-state index in [1.165, 1.54) is 0 Å². The third-order valence-electron chi connectivity index (χ3n) is 2.79. The van der Waals surface area contributed by atoms with Gasteiger partial charge in [-0.05, 0) is 25.1 Å². The highest BCUT2D eigenvalue weighted by Crippen LogP contribution is 2.16. The van der Waals surface area contributed by atoms with E-state index in [4.69, 9.17) is 5.73 Å². The predicted octanol–water partition coefficient (Wildman–Crippen LogP) is 0.209. The number of hydrogen-bond donors (Lipinski definition) is 2. The fraction of sp³-hybridized carbons (Fsp3) is 0.545. The second-order valence-corrected chi connectivity index (χ2v) is 3.82. The lowest BCUT2D eigenvalue weighted by Gasteiger charge is -2.37. The highest BCUT2D eigenvalue weighted by Gasteiger charge is 2.21. The molecule has 0 spiro atoms. The van der Waals surface area contributed by atoms with E-state index in [2.05, 4.69) is 21.3 Å². The Labute approximate surface area is 90.5 Å². The van der Waals surface area contributed by atoms with Crippen LogP contribution in [-0.4, -0.2) is 37.2 Å². The summed E-state index contributed by atoms with van der Waals surface area (Å²) in [6, 6.07) is 6.53. The number of rotatable bonds is 3. The van der Waals surface area contributed by atoms with Gasteiger partial charge in [-0.2, -0.15) is 0 Å². The summed E-state index contributed by atoms with van der Waals surface area (Å²) in [7, 11) is 0. The highest BCUT2D eigenvalue weighted by molar-refractivity contribution is 5.40. The minimum absolute atomic E-state index is 0.485. The van der Waals surface area contributed by atoms with Crippen LogP contribution in [0.3, 0.4) is 0 Å². The molecule has 1 aliphatic rings. The van der Waals surface area contributed by atoms with Crippen LogP contribution in [0.5, 0.6) is 0 Å². The predicted molar refractivity (Wildman–Crippen MR) is 61.9 cm³/mol. The van der Waals surface area contributed by atoms with Crippen LogP contribution in [0, 0.1) is 0 Å². The lowest BCUT2D eigenvalue weighted by Crippen LogP contribution is -2.52. The molecule has 1 atom stereocenters. The van der Waals surface area contributed by atoms with Gasteiger partial charge in [0.15, 0.2) is 0 Å². The van der Waals surface area contributed by atoms with E-state index < -0.39 is 0 Å². The van der Waals surface area contributed by atoms with Crippen molar-refractivity contribution >= 4 is 5.82 Å². The minimum atomic E-state index is 0.485. The topological polar surface area (TPSA) is 54.2 Å². The van der Waals surface area contributed by atoms with E-state index in [9.17, 15) is 0 Å². The molecule has 15 heavy (non-hydrogen) atoms. The van der Waals surface area contributed by atoms with E-state index >= 15 is 0 Å². The Morgan fingerprint density at radius 3 is 3.20 bits per heavy atom. The van der Waals surface area contributed by atoms with E-state index in [0.717, 1.165) is 38.4 Å². The van der Waals surface area contributed by atoms with Gasteiger partial charge in [0.05, 0.1) is 0 Å². The molecule has 1 fully saturated rings. The van der Waals surface area contributed by atoms with Gasteiger partial charge in [-0.1, -0.05) is 6.07 Å². The Hall–Kier alpha value is -1.13. The zero-order valence-electron chi connectivity index (χ0n) is 8.89. The standard InChI is InChI=1S/C11H18N4/c12-5-4-10-9-13-7-8-15(10)11-3-1-2-6-14-11/h1-3,6,10,13H,4-5,7-9,12H2. The fourth-order valence-electron chi connectivity index (χ4n) is 2.04. The molecule has 1 saturated heterocycles. The molecule has 0 bridgehead atoms.